The minimum Gasteiger partial charge on any atom is -0.310 e. The maximum Gasteiger partial charge on any atom is 0.147 e. The largest absolute Gasteiger partial charge is 0.310 e. The van der Waals surface area contributed by atoms with Gasteiger partial charge in [0.05, 0.1) is 11.4 Å². The van der Waals surface area contributed by atoms with Gasteiger partial charge in [-0.3, -0.25) is 5.43 Å². The second kappa shape index (κ2) is 12.5. The molecule has 0 spiro atoms. The van der Waals surface area contributed by atoms with Crippen molar-refractivity contribution in [2.45, 2.75) is 12.8 Å². The SMILES string of the molecule is [2H]c1cc(N(c2ccc3cc(C4=NNCS4)ccc3c2)c2ccc3cc(-c4nncs4)ccc3c2)c([2H])c2c([2H])cc(C3=Cc4ccccc4CC3)c([2H])c12. The minimum atomic E-state index is 0.102. The van der Waals surface area contributed by atoms with E-state index < -0.39 is 0 Å². The molecular weight excluding hydrogens is 663 g/mol. The third-order valence-corrected chi connectivity index (χ3v) is 11.2. The number of allylic oxidation sites excluding steroid dienone is 1. The molecule has 0 radical (unpaired) electrons. The van der Waals surface area contributed by atoms with Gasteiger partial charge in [-0.1, -0.05) is 108 Å². The van der Waals surface area contributed by atoms with Crippen LogP contribution in [0.15, 0.2) is 144 Å². The molecule has 8 aromatic rings. The van der Waals surface area contributed by atoms with Gasteiger partial charge in [0.1, 0.15) is 15.6 Å². The van der Waals surface area contributed by atoms with Crippen LogP contribution >= 0.6 is 23.1 Å². The summed E-state index contributed by atoms with van der Waals surface area (Å²) in [5.74, 6) is 0.755. The Kier molecular flexibility index (Phi) is 6.41. The van der Waals surface area contributed by atoms with Crippen molar-refractivity contribution in [1.82, 2.24) is 15.6 Å². The highest BCUT2D eigenvalue weighted by Crippen LogP contribution is 2.40. The standard InChI is InChI=1S/C44H31N5S2/c1-2-4-29-19-30(6-5-28(29)3-1)31-7-8-35-23-40(16-13-32(35)20-31)49(41-17-14-33-21-38(11-9-36(33)24-41)43-47-45-26-50-43)42-18-15-34-22-39(12-10-37(34)25-42)44-48-46-27-51-44/h1-4,7-26,46H,5-6,27H2/i8D,13D,20D,23D. The monoisotopic (exact) mass is 697 g/mol. The molecule has 7 heteroatoms. The van der Waals surface area contributed by atoms with Crippen molar-refractivity contribution in [2.75, 3.05) is 10.8 Å². The molecular formula is C44H31N5S2. The number of benzene rings is 7. The Hall–Kier alpha value is -5.76. The summed E-state index contributed by atoms with van der Waals surface area (Å²) < 4.78 is 37.7. The van der Waals surface area contributed by atoms with Gasteiger partial charge in [0.15, 0.2) is 0 Å². The molecule has 0 fully saturated rings. The first kappa shape index (κ1) is 26.1. The second-order valence-electron chi connectivity index (χ2n) is 12.7. The number of fused-ring (bicyclic) bond motifs is 4. The Labute approximate surface area is 309 Å². The van der Waals surface area contributed by atoms with Crippen LogP contribution in [0.2, 0.25) is 0 Å². The van der Waals surface area contributed by atoms with Crippen molar-refractivity contribution in [3.05, 3.63) is 161 Å². The first-order valence-electron chi connectivity index (χ1n) is 18.8. The molecule has 0 unspecified atom stereocenters. The van der Waals surface area contributed by atoms with Crippen molar-refractivity contribution in [3.8, 4) is 10.6 Å². The summed E-state index contributed by atoms with van der Waals surface area (Å²) in [7, 11) is 0. The molecule has 1 N–H and O–H groups in total. The number of thioether (sulfide) groups is 1. The fraction of sp³-hybridized carbons (Fsp3) is 0.0682. The van der Waals surface area contributed by atoms with Crippen molar-refractivity contribution >= 4 is 89.2 Å². The maximum atomic E-state index is 9.70. The van der Waals surface area contributed by atoms with E-state index in [9.17, 15) is 5.48 Å². The summed E-state index contributed by atoms with van der Waals surface area (Å²) in [5, 5.41) is 19.2. The second-order valence-corrected chi connectivity index (χ2v) is 14.5. The molecule has 10 rings (SSSR count). The Morgan fingerprint density at radius 1 is 0.647 bits per heavy atom. The number of aryl methyl sites for hydroxylation is 1. The zero-order valence-electron chi connectivity index (χ0n) is 31.3. The van der Waals surface area contributed by atoms with Gasteiger partial charge in [-0.15, -0.1) is 10.2 Å². The molecule has 244 valence electrons. The van der Waals surface area contributed by atoms with Crippen LogP contribution in [0.4, 0.5) is 17.1 Å². The number of hydrogen-bond acceptors (Lipinski definition) is 7. The highest BCUT2D eigenvalue weighted by Gasteiger charge is 2.17. The zero-order chi connectivity index (χ0) is 37.2. The number of hydrogen-bond donors (Lipinski definition) is 1. The van der Waals surface area contributed by atoms with Crippen LogP contribution in [-0.4, -0.2) is 21.1 Å². The number of nitrogens with one attached hydrogen (secondary N) is 1. The van der Waals surface area contributed by atoms with Crippen molar-refractivity contribution < 1.29 is 5.48 Å². The number of anilines is 3. The normalized spacial score (nSPS) is 15.1. The maximum absolute atomic E-state index is 9.70. The molecule has 5 nitrogen and oxygen atoms in total. The van der Waals surface area contributed by atoms with E-state index in [2.05, 4.69) is 93.5 Å². The van der Waals surface area contributed by atoms with E-state index in [-0.39, 0.29) is 24.2 Å². The Morgan fingerprint density at radius 2 is 1.37 bits per heavy atom. The third kappa shape index (κ3) is 5.65. The van der Waals surface area contributed by atoms with Gasteiger partial charge in [-0.25, -0.2) is 0 Å². The average Bonchev–Trinajstić information content (AvgIpc) is 3.96. The van der Waals surface area contributed by atoms with Crippen LogP contribution in [0.25, 0.3) is 54.5 Å². The van der Waals surface area contributed by atoms with Gasteiger partial charge in [-0.05, 0) is 122 Å². The van der Waals surface area contributed by atoms with Crippen LogP contribution < -0.4 is 10.3 Å². The first-order valence-corrected chi connectivity index (χ1v) is 18.7. The average molecular weight is 698 g/mol. The predicted molar refractivity (Wildman–Crippen MR) is 217 cm³/mol. The Balaban J connectivity index is 1.14. The van der Waals surface area contributed by atoms with Gasteiger partial charge < -0.3 is 4.90 Å². The number of nitrogens with zero attached hydrogens (tertiary/aromatic N) is 4. The number of hydrazone groups is 1. The summed E-state index contributed by atoms with van der Waals surface area (Å²) in [4.78, 5) is 2.00. The molecule has 0 saturated heterocycles. The quantitative estimate of drug-likeness (QED) is 0.187. The highest BCUT2D eigenvalue weighted by atomic mass is 32.2. The number of aromatic nitrogens is 2. The van der Waals surface area contributed by atoms with Gasteiger partial charge in [0, 0.05) is 28.2 Å². The lowest BCUT2D eigenvalue weighted by atomic mass is 9.88. The van der Waals surface area contributed by atoms with E-state index in [1.807, 2.05) is 35.2 Å². The Bertz CT molecular complexity index is 2930. The molecule has 1 aliphatic carbocycles. The lowest BCUT2D eigenvalue weighted by Crippen LogP contribution is -2.10. The smallest absolute Gasteiger partial charge is 0.147 e. The molecule has 0 bridgehead atoms. The van der Waals surface area contributed by atoms with E-state index in [0.29, 0.717) is 22.0 Å². The molecule has 2 aliphatic rings. The van der Waals surface area contributed by atoms with E-state index in [4.69, 9.17) is 0 Å². The van der Waals surface area contributed by atoms with Crippen LogP contribution in [0.1, 0.15) is 34.2 Å². The lowest BCUT2D eigenvalue weighted by Gasteiger charge is -2.27. The molecule has 2 heterocycles. The molecule has 0 atom stereocenters. The topological polar surface area (TPSA) is 53.4 Å². The summed E-state index contributed by atoms with van der Waals surface area (Å²) >= 11 is 3.17. The van der Waals surface area contributed by atoms with Crippen molar-refractivity contribution in [1.29, 1.82) is 0 Å². The summed E-state index contributed by atoms with van der Waals surface area (Å²) in [6.07, 6.45) is 3.71. The van der Waals surface area contributed by atoms with E-state index in [0.717, 1.165) is 84.0 Å². The van der Waals surface area contributed by atoms with Crippen LogP contribution in [0, 0.1) is 0 Å². The minimum absolute atomic E-state index is 0.102. The van der Waals surface area contributed by atoms with E-state index >= 15 is 0 Å². The molecule has 0 amide bonds. The van der Waals surface area contributed by atoms with Gasteiger partial charge in [-0.2, -0.15) is 5.10 Å². The van der Waals surface area contributed by atoms with Gasteiger partial charge in [0.2, 0.25) is 0 Å². The van der Waals surface area contributed by atoms with E-state index in [1.54, 1.807) is 29.4 Å². The van der Waals surface area contributed by atoms with Gasteiger partial charge >= 0.3 is 0 Å². The van der Waals surface area contributed by atoms with Gasteiger partial charge in [0.25, 0.3) is 0 Å². The Morgan fingerprint density at radius 3 is 2.16 bits per heavy atom. The summed E-state index contributed by atoms with van der Waals surface area (Å²) in [6.45, 7) is 0. The van der Waals surface area contributed by atoms with Crippen LogP contribution in [-0.2, 0) is 6.42 Å². The summed E-state index contributed by atoms with van der Waals surface area (Å²) in [5.41, 5.74) is 12.9. The zero-order valence-corrected chi connectivity index (χ0v) is 28.9. The fourth-order valence-electron chi connectivity index (χ4n) is 7.02. The molecule has 1 aromatic heterocycles. The van der Waals surface area contributed by atoms with Crippen molar-refractivity contribution in [2.24, 2.45) is 5.10 Å². The molecule has 51 heavy (non-hydrogen) atoms. The predicted octanol–water partition coefficient (Wildman–Crippen LogP) is 11.6. The first-order chi connectivity index (χ1) is 26.9. The van der Waals surface area contributed by atoms with Crippen LogP contribution in [0.5, 0.6) is 0 Å². The molecule has 7 aromatic carbocycles. The van der Waals surface area contributed by atoms with Crippen LogP contribution in [0.3, 0.4) is 0 Å². The van der Waals surface area contributed by atoms with Crippen molar-refractivity contribution in [3.63, 3.8) is 0 Å². The third-order valence-electron chi connectivity index (χ3n) is 9.58. The molecule has 1 aliphatic heterocycles. The summed E-state index contributed by atoms with van der Waals surface area (Å²) in [6, 6.07) is 37.2. The lowest BCUT2D eigenvalue weighted by molar-refractivity contribution is 0.893. The fourth-order valence-corrected chi connectivity index (χ4v) is 8.26. The molecule has 0 saturated carbocycles. The highest BCUT2D eigenvalue weighted by molar-refractivity contribution is 8.14. The number of rotatable bonds is 6. The van der Waals surface area contributed by atoms with E-state index in [1.165, 1.54) is 16.9 Å².